The van der Waals surface area contributed by atoms with Gasteiger partial charge in [0, 0.05) is 24.2 Å². The highest BCUT2D eigenvalue weighted by Gasteiger charge is 2.22. The number of thioether (sulfide) groups is 1. The van der Waals surface area contributed by atoms with Crippen molar-refractivity contribution in [1.29, 1.82) is 0 Å². The van der Waals surface area contributed by atoms with Crippen molar-refractivity contribution in [3.05, 3.63) is 40.9 Å². The minimum Gasteiger partial charge on any atom is -0.341 e. The van der Waals surface area contributed by atoms with Crippen LogP contribution >= 0.6 is 35.0 Å². The lowest BCUT2D eigenvalue weighted by atomic mass is 10.2. The van der Waals surface area contributed by atoms with E-state index in [1.54, 1.807) is 35.8 Å². The summed E-state index contributed by atoms with van der Waals surface area (Å²) in [6, 6.07) is 4.52. The zero-order chi connectivity index (χ0) is 19.3. The predicted octanol–water partition coefficient (Wildman–Crippen LogP) is 3.37. The van der Waals surface area contributed by atoms with Crippen molar-refractivity contribution in [2.24, 2.45) is 0 Å². The third kappa shape index (κ3) is 4.78. The van der Waals surface area contributed by atoms with E-state index in [0.29, 0.717) is 33.1 Å². The number of benzene rings is 1. The smallest absolute Gasteiger partial charge is 0.321 e. The lowest BCUT2D eigenvalue weighted by Crippen LogP contribution is -2.41. The molecule has 0 saturated carbocycles. The highest BCUT2D eigenvalue weighted by atomic mass is 35.5. The van der Waals surface area contributed by atoms with Crippen molar-refractivity contribution in [2.75, 3.05) is 7.05 Å². The van der Waals surface area contributed by atoms with Crippen LogP contribution in [0.5, 0.6) is 0 Å². The Morgan fingerprint density at radius 1 is 1.38 bits per heavy atom. The Morgan fingerprint density at radius 2 is 2.12 bits per heavy atom. The number of allylic oxidation sites excluding steroid dienone is 1. The number of carbonyl (C=O) groups is 2. The molecule has 1 atom stereocenters. The van der Waals surface area contributed by atoms with Gasteiger partial charge in [0.25, 0.3) is 0 Å². The fourth-order valence-electron chi connectivity index (χ4n) is 2.03. The number of imide groups is 1. The molecule has 0 spiro atoms. The van der Waals surface area contributed by atoms with Crippen molar-refractivity contribution in [1.82, 2.24) is 25.4 Å². The molecule has 0 unspecified atom stereocenters. The van der Waals surface area contributed by atoms with E-state index in [0.717, 1.165) is 0 Å². The van der Waals surface area contributed by atoms with Crippen LogP contribution in [-0.4, -0.2) is 39.0 Å². The largest absolute Gasteiger partial charge is 0.341 e. The average Bonchev–Trinajstić information content (AvgIpc) is 2.97. The lowest BCUT2D eigenvalue weighted by Gasteiger charge is -2.12. The van der Waals surface area contributed by atoms with Crippen molar-refractivity contribution in [3.8, 4) is 11.4 Å². The van der Waals surface area contributed by atoms with Gasteiger partial charge in [0.15, 0.2) is 11.0 Å². The fraction of sp³-hybridized carbons (Fsp3) is 0.250. The Bertz CT molecular complexity index is 840. The van der Waals surface area contributed by atoms with E-state index in [9.17, 15) is 9.59 Å². The lowest BCUT2D eigenvalue weighted by molar-refractivity contribution is -0.119. The molecule has 3 amide bonds. The minimum atomic E-state index is -0.566. The normalized spacial score (nSPS) is 11.7. The molecule has 0 bridgehead atoms. The topological polar surface area (TPSA) is 88.9 Å². The maximum absolute atomic E-state index is 12.0. The van der Waals surface area contributed by atoms with E-state index in [4.69, 9.17) is 23.2 Å². The van der Waals surface area contributed by atoms with E-state index < -0.39 is 17.2 Å². The molecular formula is C16H17Cl2N5O2S. The molecule has 0 aliphatic carbocycles. The second-order valence-corrected chi connectivity index (χ2v) is 7.31. The molecule has 0 radical (unpaired) electrons. The van der Waals surface area contributed by atoms with Crippen LogP contribution in [0.2, 0.25) is 10.0 Å². The standard InChI is InChI=1S/C16H17Cl2N5O2S/c1-4-7-23-13(11-6-5-10(17)8-12(11)18)21-22-16(23)26-9(2)14(24)20-15(25)19-3/h4-6,8-9H,1,7H2,2-3H3,(H2,19,20,24,25)/t9-/m0/s1. The summed E-state index contributed by atoms with van der Waals surface area (Å²) in [4.78, 5) is 23.3. The summed E-state index contributed by atoms with van der Waals surface area (Å²) >= 11 is 13.4. The first kappa shape index (κ1) is 20.3. The summed E-state index contributed by atoms with van der Waals surface area (Å²) in [5.41, 5.74) is 0.666. The Hall–Kier alpha value is -2.03. The molecule has 0 aliphatic heterocycles. The molecule has 1 heterocycles. The molecule has 0 saturated heterocycles. The highest BCUT2D eigenvalue weighted by molar-refractivity contribution is 8.00. The van der Waals surface area contributed by atoms with Crippen molar-refractivity contribution >= 4 is 46.9 Å². The van der Waals surface area contributed by atoms with Gasteiger partial charge in [0.2, 0.25) is 5.91 Å². The average molecular weight is 414 g/mol. The first-order chi connectivity index (χ1) is 12.4. The summed E-state index contributed by atoms with van der Waals surface area (Å²) in [5, 5.41) is 13.8. The van der Waals surface area contributed by atoms with Crippen molar-refractivity contribution in [2.45, 2.75) is 23.9 Å². The van der Waals surface area contributed by atoms with E-state index in [-0.39, 0.29) is 0 Å². The maximum atomic E-state index is 12.0. The monoisotopic (exact) mass is 413 g/mol. The van der Waals surface area contributed by atoms with Gasteiger partial charge in [0.05, 0.1) is 10.3 Å². The van der Waals surface area contributed by atoms with Crippen LogP contribution < -0.4 is 10.6 Å². The van der Waals surface area contributed by atoms with Gasteiger partial charge in [-0.1, -0.05) is 41.0 Å². The van der Waals surface area contributed by atoms with Gasteiger partial charge in [-0.2, -0.15) is 0 Å². The summed E-state index contributed by atoms with van der Waals surface area (Å²) < 4.78 is 1.79. The highest BCUT2D eigenvalue weighted by Crippen LogP contribution is 2.32. The summed E-state index contributed by atoms with van der Waals surface area (Å²) in [6.45, 7) is 5.84. The molecule has 1 aromatic carbocycles. The third-order valence-corrected chi connectivity index (χ3v) is 4.94. The van der Waals surface area contributed by atoms with Crippen LogP contribution in [-0.2, 0) is 11.3 Å². The quantitative estimate of drug-likeness (QED) is 0.559. The number of nitrogens with one attached hydrogen (secondary N) is 2. The molecule has 10 heteroatoms. The molecule has 2 N–H and O–H groups in total. The van der Waals surface area contributed by atoms with E-state index in [1.165, 1.54) is 18.8 Å². The van der Waals surface area contributed by atoms with Crippen molar-refractivity contribution in [3.63, 3.8) is 0 Å². The summed E-state index contributed by atoms with van der Waals surface area (Å²) in [6.07, 6.45) is 1.69. The Balaban J connectivity index is 2.30. The van der Waals surface area contributed by atoms with Crippen LogP contribution in [0.4, 0.5) is 4.79 Å². The van der Waals surface area contributed by atoms with Gasteiger partial charge in [0.1, 0.15) is 0 Å². The van der Waals surface area contributed by atoms with Gasteiger partial charge in [-0.25, -0.2) is 4.79 Å². The van der Waals surface area contributed by atoms with E-state index in [1.807, 2.05) is 0 Å². The number of hydrogen-bond acceptors (Lipinski definition) is 5. The number of halogens is 2. The number of carbonyl (C=O) groups excluding carboxylic acids is 2. The fourth-order valence-corrected chi connectivity index (χ4v) is 3.38. The second-order valence-electron chi connectivity index (χ2n) is 5.16. The first-order valence-corrected chi connectivity index (χ1v) is 9.19. The number of rotatable bonds is 6. The number of aromatic nitrogens is 3. The molecule has 2 aromatic rings. The summed E-state index contributed by atoms with van der Waals surface area (Å²) in [5.74, 6) is 0.0987. The molecule has 0 fully saturated rings. The maximum Gasteiger partial charge on any atom is 0.321 e. The van der Waals surface area contributed by atoms with Crippen LogP contribution in [0, 0.1) is 0 Å². The van der Waals surface area contributed by atoms with Gasteiger partial charge in [-0.3, -0.25) is 14.7 Å². The molecule has 138 valence electrons. The predicted molar refractivity (Wildman–Crippen MR) is 104 cm³/mol. The second kappa shape index (κ2) is 9.07. The number of hydrogen-bond donors (Lipinski definition) is 2. The summed E-state index contributed by atoms with van der Waals surface area (Å²) in [7, 11) is 1.43. The Morgan fingerprint density at radius 3 is 2.73 bits per heavy atom. The van der Waals surface area contributed by atoms with Gasteiger partial charge in [-0.15, -0.1) is 16.8 Å². The SMILES string of the molecule is C=CCn1c(S[C@@H](C)C(=O)NC(=O)NC)nnc1-c1ccc(Cl)cc1Cl. The van der Waals surface area contributed by atoms with Gasteiger partial charge >= 0.3 is 6.03 Å². The van der Waals surface area contributed by atoms with Gasteiger partial charge < -0.3 is 5.32 Å². The van der Waals surface area contributed by atoms with Crippen LogP contribution in [0.3, 0.4) is 0 Å². The molecule has 26 heavy (non-hydrogen) atoms. The molecular weight excluding hydrogens is 397 g/mol. The van der Waals surface area contributed by atoms with Crippen LogP contribution in [0.1, 0.15) is 6.92 Å². The number of amides is 3. The Kier molecular flexibility index (Phi) is 7.07. The third-order valence-electron chi connectivity index (χ3n) is 3.32. The van der Waals surface area contributed by atoms with Crippen LogP contribution in [0.25, 0.3) is 11.4 Å². The van der Waals surface area contributed by atoms with Crippen molar-refractivity contribution < 1.29 is 9.59 Å². The van der Waals surface area contributed by atoms with Crippen LogP contribution in [0.15, 0.2) is 36.0 Å². The number of urea groups is 1. The molecule has 7 nitrogen and oxygen atoms in total. The minimum absolute atomic E-state index is 0.424. The zero-order valence-electron chi connectivity index (χ0n) is 14.1. The Labute approximate surface area is 165 Å². The van der Waals surface area contributed by atoms with Gasteiger partial charge in [-0.05, 0) is 25.1 Å². The first-order valence-electron chi connectivity index (χ1n) is 7.56. The van der Waals surface area contributed by atoms with E-state index >= 15 is 0 Å². The molecule has 1 aromatic heterocycles. The number of nitrogens with zero attached hydrogens (tertiary/aromatic N) is 3. The van der Waals surface area contributed by atoms with E-state index in [2.05, 4.69) is 27.4 Å². The molecule has 2 rings (SSSR count). The molecule has 0 aliphatic rings. The zero-order valence-corrected chi connectivity index (χ0v) is 16.5.